The molecule has 4 rings (SSSR count). The Morgan fingerprint density at radius 2 is 2.04 bits per heavy atom. The first-order valence-electron chi connectivity index (χ1n) is 8.14. The molecule has 4 N–H and O–H groups in total. The lowest BCUT2D eigenvalue weighted by molar-refractivity contribution is -0.674. The highest BCUT2D eigenvalue weighted by Crippen LogP contribution is 2.32. The number of hydrogen-bond acceptors (Lipinski definition) is 5. The molecule has 0 saturated carbocycles. The number of hydrogen-bond donors (Lipinski definition) is 3. The molecule has 0 fully saturated rings. The van der Waals surface area contributed by atoms with E-state index in [1.807, 2.05) is 49.4 Å². The fourth-order valence-corrected chi connectivity index (χ4v) is 3.13. The number of anilines is 1. The molecular formula is C18H20N5O2+. The standard InChI is InChI=1S/C18H19N5O2/c1-3-25-14-9-8-11(10-15(14)24-2)16-21-17(19)22-18-20-12-6-4-5-7-13(12)23(16)18/h4-10,16H,3H2,1-2H3,(H3,19,20,21,22)/p+1/t16-/m0/s1. The number of guanidine groups is 1. The predicted molar refractivity (Wildman–Crippen MR) is 96.0 cm³/mol. The normalized spacial score (nSPS) is 16.1. The van der Waals surface area contributed by atoms with Crippen LogP contribution in [0.25, 0.3) is 11.0 Å². The highest BCUT2D eigenvalue weighted by Gasteiger charge is 2.31. The van der Waals surface area contributed by atoms with Crippen LogP contribution in [0.4, 0.5) is 5.95 Å². The number of benzene rings is 2. The molecule has 1 aromatic heterocycles. The Kier molecular flexibility index (Phi) is 3.68. The van der Waals surface area contributed by atoms with Gasteiger partial charge in [-0.3, -0.25) is 0 Å². The van der Waals surface area contributed by atoms with Gasteiger partial charge in [-0.05, 0) is 37.3 Å². The molecule has 0 unspecified atom stereocenters. The topological polar surface area (TPSA) is 88.5 Å². The van der Waals surface area contributed by atoms with Crippen LogP contribution in [-0.2, 0) is 0 Å². The minimum atomic E-state index is -0.294. The largest absolute Gasteiger partial charge is 0.493 e. The van der Waals surface area contributed by atoms with Crippen LogP contribution in [0.5, 0.6) is 11.5 Å². The molecule has 25 heavy (non-hydrogen) atoms. The number of nitrogens with two attached hydrogens (primary N) is 1. The van der Waals surface area contributed by atoms with Gasteiger partial charge in [-0.25, -0.2) is 14.9 Å². The summed E-state index contributed by atoms with van der Waals surface area (Å²) in [5.74, 6) is 2.55. The molecule has 3 aromatic rings. The first-order valence-corrected chi connectivity index (χ1v) is 8.14. The van der Waals surface area contributed by atoms with Gasteiger partial charge in [-0.1, -0.05) is 12.1 Å². The van der Waals surface area contributed by atoms with Crippen LogP contribution in [0, 0.1) is 0 Å². The Morgan fingerprint density at radius 1 is 1.20 bits per heavy atom. The van der Waals surface area contributed by atoms with Crippen molar-refractivity contribution < 1.29 is 14.0 Å². The number of H-pyrrole nitrogens is 1. The second-order valence-corrected chi connectivity index (χ2v) is 5.72. The van der Waals surface area contributed by atoms with Crippen LogP contribution in [0.1, 0.15) is 18.7 Å². The molecule has 128 valence electrons. The van der Waals surface area contributed by atoms with Gasteiger partial charge in [0.1, 0.15) is 11.0 Å². The Labute approximate surface area is 145 Å². The van der Waals surface area contributed by atoms with Gasteiger partial charge in [-0.2, -0.15) is 4.99 Å². The van der Waals surface area contributed by atoms with Crippen LogP contribution in [0.2, 0.25) is 0 Å². The van der Waals surface area contributed by atoms with Crippen molar-refractivity contribution in [3.05, 3.63) is 48.0 Å². The average Bonchev–Trinajstić information content (AvgIpc) is 2.99. The molecule has 2 heterocycles. The van der Waals surface area contributed by atoms with E-state index in [1.54, 1.807) is 7.11 Å². The summed E-state index contributed by atoms with van der Waals surface area (Å²) in [6.07, 6.45) is -0.294. The van der Waals surface area contributed by atoms with E-state index >= 15 is 0 Å². The maximum absolute atomic E-state index is 6.00. The Balaban J connectivity index is 1.86. The summed E-state index contributed by atoms with van der Waals surface area (Å²) in [6, 6.07) is 13.9. The molecule has 0 radical (unpaired) electrons. The van der Waals surface area contributed by atoms with Gasteiger partial charge in [0.25, 0.3) is 5.96 Å². The molecule has 0 amide bonds. The highest BCUT2D eigenvalue weighted by molar-refractivity contribution is 5.92. The summed E-state index contributed by atoms with van der Waals surface area (Å²) in [5, 5.41) is 3.09. The van der Waals surface area contributed by atoms with Gasteiger partial charge in [0, 0.05) is 5.56 Å². The van der Waals surface area contributed by atoms with Crippen LogP contribution in [-0.4, -0.2) is 24.7 Å². The molecule has 0 aliphatic carbocycles. The number of imidazole rings is 1. The number of fused-ring (bicyclic) bond motifs is 3. The third-order valence-electron chi connectivity index (χ3n) is 4.20. The molecule has 1 aliphatic heterocycles. The molecule has 0 saturated heterocycles. The number of aliphatic imine (C=N–C) groups is 1. The van der Waals surface area contributed by atoms with Gasteiger partial charge in [0.15, 0.2) is 11.5 Å². The van der Waals surface area contributed by atoms with E-state index < -0.39 is 0 Å². The predicted octanol–water partition coefficient (Wildman–Crippen LogP) is 2.15. The van der Waals surface area contributed by atoms with Crippen molar-refractivity contribution in [1.29, 1.82) is 0 Å². The number of rotatable bonds is 4. The van der Waals surface area contributed by atoms with E-state index in [0.29, 0.717) is 24.1 Å². The number of nitrogens with one attached hydrogen (secondary N) is 2. The second-order valence-electron chi connectivity index (χ2n) is 5.72. The van der Waals surface area contributed by atoms with Gasteiger partial charge in [0.05, 0.1) is 13.7 Å². The van der Waals surface area contributed by atoms with Gasteiger partial charge in [0.2, 0.25) is 6.17 Å². The summed E-state index contributed by atoms with van der Waals surface area (Å²) in [7, 11) is 1.63. The van der Waals surface area contributed by atoms with E-state index in [-0.39, 0.29) is 6.17 Å². The third kappa shape index (κ3) is 2.53. The molecule has 0 bridgehead atoms. The SMILES string of the molecule is CCOc1ccc([C@H]2N=C(N)Nc3[nH]c4ccccc4[n+]32)cc1OC. The minimum Gasteiger partial charge on any atom is -0.493 e. The van der Waals surface area contributed by atoms with E-state index in [4.69, 9.17) is 15.2 Å². The van der Waals surface area contributed by atoms with Gasteiger partial charge in [-0.15, -0.1) is 0 Å². The van der Waals surface area contributed by atoms with Gasteiger partial charge >= 0.3 is 5.95 Å². The maximum atomic E-state index is 6.00. The Bertz CT molecular complexity index is 963. The number of para-hydroxylation sites is 2. The maximum Gasteiger partial charge on any atom is 0.365 e. The summed E-state index contributed by atoms with van der Waals surface area (Å²) >= 11 is 0. The zero-order valence-corrected chi connectivity index (χ0v) is 14.1. The summed E-state index contributed by atoms with van der Waals surface area (Å²) < 4.78 is 13.2. The summed E-state index contributed by atoms with van der Waals surface area (Å²) in [5.41, 5.74) is 9.01. The van der Waals surface area contributed by atoms with Crippen molar-refractivity contribution in [2.45, 2.75) is 13.1 Å². The number of aromatic nitrogens is 2. The monoisotopic (exact) mass is 338 g/mol. The molecule has 1 aliphatic rings. The Hall–Kier alpha value is -3.22. The minimum absolute atomic E-state index is 0.294. The van der Waals surface area contributed by atoms with Crippen molar-refractivity contribution in [2.75, 3.05) is 19.0 Å². The second kappa shape index (κ2) is 6.01. The summed E-state index contributed by atoms with van der Waals surface area (Å²) in [4.78, 5) is 7.94. The number of aromatic amines is 1. The molecule has 7 nitrogen and oxygen atoms in total. The van der Waals surface area contributed by atoms with E-state index in [1.165, 1.54) is 0 Å². The summed E-state index contributed by atoms with van der Waals surface area (Å²) in [6.45, 7) is 2.52. The quantitative estimate of drug-likeness (QED) is 0.636. The Morgan fingerprint density at radius 3 is 2.84 bits per heavy atom. The zero-order chi connectivity index (χ0) is 17.4. The van der Waals surface area contributed by atoms with E-state index in [2.05, 4.69) is 19.9 Å². The fraction of sp³-hybridized carbons (Fsp3) is 0.222. The van der Waals surface area contributed by atoms with Crippen molar-refractivity contribution >= 4 is 22.9 Å². The lowest BCUT2D eigenvalue weighted by Crippen LogP contribution is -2.48. The fourth-order valence-electron chi connectivity index (χ4n) is 3.13. The lowest BCUT2D eigenvalue weighted by Gasteiger charge is -2.19. The molecule has 7 heteroatoms. The zero-order valence-electron chi connectivity index (χ0n) is 14.1. The average molecular weight is 338 g/mol. The molecule has 0 spiro atoms. The van der Waals surface area contributed by atoms with Crippen LogP contribution in [0.15, 0.2) is 47.5 Å². The molecule has 2 aromatic carbocycles. The lowest BCUT2D eigenvalue weighted by atomic mass is 10.1. The van der Waals surface area contributed by atoms with E-state index in [0.717, 1.165) is 22.5 Å². The number of methoxy groups -OCH3 is 1. The van der Waals surface area contributed by atoms with Gasteiger partial charge < -0.3 is 15.2 Å². The van der Waals surface area contributed by atoms with Crippen molar-refractivity contribution in [3.63, 3.8) is 0 Å². The first kappa shape index (κ1) is 15.3. The third-order valence-corrected chi connectivity index (χ3v) is 4.20. The van der Waals surface area contributed by atoms with Crippen LogP contribution in [0.3, 0.4) is 0 Å². The van der Waals surface area contributed by atoms with E-state index in [9.17, 15) is 0 Å². The highest BCUT2D eigenvalue weighted by atomic mass is 16.5. The van der Waals surface area contributed by atoms with Crippen molar-refractivity contribution in [2.24, 2.45) is 10.7 Å². The van der Waals surface area contributed by atoms with Crippen LogP contribution < -0.4 is 25.1 Å². The first-order chi connectivity index (χ1) is 12.2. The van der Waals surface area contributed by atoms with Crippen molar-refractivity contribution in [1.82, 2.24) is 4.98 Å². The number of ether oxygens (including phenoxy) is 2. The smallest absolute Gasteiger partial charge is 0.365 e. The number of nitrogens with zero attached hydrogens (tertiary/aromatic N) is 2. The molecular weight excluding hydrogens is 318 g/mol. The van der Waals surface area contributed by atoms with Crippen molar-refractivity contribution in [3.8, 4) is 11.5 Å². The van der Waals surface area contributed by atoms with Crippen LogP contribution >= 0.6 is 0 Å². The molecule has 1 atom stereocenters.